The van der Waals surface area contributed by atoms with Crippen LogP contribution in [-0.2, 0) is 0 Å². The van der Waals surface area contributed by atoms with Gasteiger partial charge in [0.15, 0.2) is 11.4 Å². The summed E-state index contributed by atoms with van der Waals surface area (Å²) >= 11 is 2.00. The summed E-state index contributed by atoms with van der Waals surface area (Å²) in [7, 11) is 0. The van der Waals surface area contributed by atoms with E-state index in [0.717, 1.165) is 0 Å². The fourth-order valence-corrected chi connectivity index (χ4v) is 1.76. The van der Waals surface area contributed by atoms with Crippen LogP contribution in [0, 0.1) is 14.9 Å². The molecule has 90 valence electrons. The largest absolute Gasteiger partial charge is 0.415 e. The van der Waals surface area contributed by atoms with E-state index in [9.17, 15) is 4.79 Å². The van der Waals surface area contributed by atoms with Crippen LogP contribution in [0.2, 0.25) is 0 Å². The highest BCUT2D eigenvalue weighted by atomic mass is 127. The van der Waals surface area contributed by atoms with Gasteiger partial charge in [0.05, 0.1) is 3.57 Å². The van der Waals surface area contributed by atoms with E-state index in [2.05, 4.69) is 4.98 Å². The second kappa shape index (κ2) is 6.39. The highest BCUT2D eigenvalue weighted by Crippen LogP contribution is 2.23. The number of rotatable bonds is 3. The summed E-state index contributed by atoms with van der Waals surface area (Å²) in [6.07, 6.45) is 1.05. The number of carbonyl (C=O) groups excluding carboxylic acids is 1. The van der Waals surface area contributed by atoms with E-state index < -0.39 is 6.09 Å². The van der Waals surface area contributed by atoms with Crippen molar-refractivity contribution in [3.8, 4) is 11.8 Å². The number of hydrogen-bond donors (Lipinski definition) is 0. The van der Waals surface area contributed by atoms with Crippen LogP contribution < -0.4 is 4.74 Å². The standard InChI is InChI=1S/C11H12IN3O2/c1-3-15(4-2)11(16)17-10-8(12)5-6-14-9(10)7-13/h5-6H,3-4H2,1-2H3. The molecule has 0 atom stereocenters. The van der Waals surface area contributed by atoms with Gasteiger partial charge in [0.2, 0.25) is 0 Å². The average molecular weight is 345 g/mol. The van der Waals surface area contributed by atoms with Crippen molar-refractivity contribution in [3.63, 3.8) is 0 Å². The minimum absolute atomic E-state index is 0.123. The van der Waals surface area contributed by atoms with Gasteiger partial charge in [-0.15, -0.1) is 0 Å². The van der Waals surface area contributed by atoms with Crippen molar-refractivity contribution in [2.75, 3.05) is 13.1 Å². The van der Waals surface area contributed by atoms with Crippen molar-refractivity contribution in [1.82, 2.24) is 9.88 Å². The Bertz CT molecular complexity index is 453. The Morgan fingerprint density at radius 3 is 2.76 bits per heavy atom. The summed E-state index contributed by atoms with van der Waals surface area (Å²) in [6.45, 7) is 4.86. The van der Waals surface area contributed by atoms with Crippen molar-refractivity contribution in [2.24, 2.45) is 0 Å². The van der Waals surface area contributed by atoms with Crippen molar-refractivity contribution in [3.05, 3.63) is 21.5 Å². The highest BCUT2D eigenvalue weighted by molar-refractivity contribution is 14.1. The fourth-order valence-electron chi connectivity index (χ4n) is 1.24. The van der Waals surface area contributed by atoms with Crippen LogP contribution in [0.5, 0.6) is 5.75 Å². The Hall–Kier alpha value is -1.36. The van der Waals surface area contributed by atoms with E-state index in [1.54, 1.807) is 6.07 Å². The molecule has 1 amide bonds. The highest BCUT2D eigenvalue weighted by Gasteiger charge is 2.17. The lowest BCUT2D eigenvalue weighted by Crippen LogP contribution is -2.33. The van der Waals surface area contributed by atoms with E-state index in [0.29, 0.717) is 16.7 Å². The van der Waals surface area contributed by atoms with Gasteiger partial charge in [0.25, 0.3) is 0 Å². The summed E-state index contributed by atoms with van der Waals surface area (Å²) in [4.78, 5) is 17.2. The number of amides is 1. The molecule has 0 fully saturated rings. The molecule has 0 radical (unpaired) electrons. The minimum atomic E-state index is -0.461. The average Bonchev–Trinajstić information content (AvgIpc) is 2.33. The first kappa shape index (κ1) is 13.7. The second-order valence-corrected chi connectivity index (χ2v) is 4.28. The number of nitrogens with zero attached hydrogens (tertiary/aromatic N) is 3. The molecule has 17 heavy (non-hydrogen) atoms. The van der Waals surface area contributed by atoms with Gasteiger partial charge in [-0.2, -0.15) is 5.26 Å². The maximum Gasteiger partial charge on any atom is 0.415 e. The lowest BCUT2D eigenvalue weighted by Gasteiger charge is -2.18. The maximum absolute atomic E-state index is 11.8. The molecule has 0 saturated heterocycles. The molecule has 0 aliphatic heterocycles. The third-order valence-corrected chi connectivity index (χ3v) is 3.02. The van der Waals surface area contributed by atoms with Gasteiger partial charge in [0.1, 0.15) is 6.07 Å². The second-order valence-electron chi connectivity index (χ2n) is 3.12. The maximum atomic E-state index is 11.8. The smallest absolute Gasteiger partial charge is 0.406 e. The molecule has 0 saturated carbocycles. The summed E-state index contributed by atoms with van der Waals surface area (Å²) in [5.74, 6) is 0.229. The van der Waals surface area contributed by atoms with E-state index in [-0.39, 0.29) is 11.4 Å². The Balaban J connectivity index is 2.96. The van der Waals surface area contributed by atoms with E-state index in [1.165, 1.54) is 11.1 Å². The molecule has 1 aromatic rings. The Labute approximate surface area is 114 Å². The third kappa shape index (κ3) is 3.30. The quantitative estimate of drug-likeness (QED) is 0.789. The zero-order valence-electron chi connectivity index (χ0n) is 9.61. The molecule has 1 rings (SSSR count). The fraction of sp³-hybridized carbons (Fsp3) is 0.364. The SMILES string of the molecule is CCN(CC)C(=O)Oc1c(I)ccnc1C#N. The van der Waals surface area contributed by atoms with Crippen LogP contribution >= 0.6 is 22.6 Å². The molecule has 0 aromatic carbocycles. The van der Waals surface area contributed by atoms with Crippen LogP contribution in [0.3, 0.4) is 0 Å². The Morgan fingerprint density at radius 2 is 2.24 bits per heavy atom. The number of pyridine rings is 1. The summed E-state index contributed by atoms with van der Waals surface area (Å²) in [5.41, 5.74) is 0.123. The van der Waals surface area contributed by atoms with Crippen LogP contribution in [0.1, 0.15) is 19.5 Å². The van der Waals surface area contributed by atoms with Crippen LogP contribution in [0.25, 0.3) is 0 Å². The lowest BCUT2D eigenvalue weighted by molar-refractivity contribution is 0.156. The number of aromatic nitrogens is 1. The first-order valence-electron chi connectivity index (χ1n) is 5.15. The third-order valence-electron chi connectivity index (χ3n) is 2.17. The first-order chi connectivity index (χ1) is 8.13. The van der Waals surface area contributed by atoms with Gasteiger partial charge in [0, 0.05) is 19.3 Å². The van der Waals surface area contributed by atoms with Gasteiger partial charge in [-0.25, -0.2) is 9.78 Å². The molecular formula is C11H12IN3O2. The monoisotopic (exact) mass is 345 g/mol. The van der Waals surface area contributed by atoms with E-state index >= 15 is 0 Å². The lowest BCUT2D eigenvalue weighted by atomic mass is 10.3. The van der Waals surface area contributed by atoms with Gasteiger partial charge in [-0.05, 0) is 42.5 Å². The number of ether oxygens (including phenoxy) is 1. The number of nitriles is 1. The normalized spacial score (nSPS) is 9.53. The molecule has 1 heterocycles. The molecule has 0 aliphatic rings. The van der Waals surface area contributed by atoms with Gasteiger partial charge >= 0.3 is 6.09 Å². The van der Waals surface area contributed by atoms with Gasteiger partial charge in [-0.1, -0.05) is 0 Å². The van der Waals surface area contributed by atoms with Crippen molar-refractivity contribution in [2.45, 2.75) is 13.8 Å². The molecule has 5 nitrogen and oxygen atoms in total. The Kier molecular flexibility index (Phi) is 5.15. The van der Waals surface area contributed by atoms with Gasteiger partial charge in [-0.3, -0.25) is 0 Å². The first-order valence-corrected chi connectivity index (χ1v) is 6.23. The molecule has 1 aromatic heterocycles. The Morgan fingerprint density at radius 1 is 1.59 bits per heavy atom. The molecule has 0 unspecified atom stereocenters. The van der Waals surface area contributed by atoms with Crippen LogP contribution in [0.15, 0.2) is 12.3 Å². The molecule has 0 spiro atoms. The molecule has 0 bridgehead atoms. The van der Waals surface area contributed by atoms with Crippen molar-refractivity contribution < 1.29 is 9.53 Å². The summed E-state index contributed by atoms with van der Waals surface area (Å²) in [5, 5.41) is 8.89. The minimum Gasteiger partial charge on any atom is -0.406 e. The zero-order chi connectivity index (χ0) is 12.8. The predicted molar refractivity (Wildman–Crippen MR) is 70.6 cm³/mol. The number of halogens is 1. The molecule has 0 N–H and O–H groups in total. The molecule has 6 heteroatoms. The molecular weight excluding hydrogens is 333 g/mol. The molecule has 0 aliphatic carbocycles. The zero-order valence-corrected chi connectivity index (χ0v) is 11.8. The number of hydrogen-bond acceptors (Lipinski definition) is 4. The summed E-state index contributed by atoms with van der Waals surface area (Å²) < 4.78 is 5.90. The summed E-state index contributed by atoms with van der Waals surface area (Å²) in [6, 6.07) is 3.59. The van der Waals surface area contributed by atoms with Crippen molar-refractivity contribution in [1.29, 1.82) is 5.26 Å². The van der Waals surface area contributed by atoms with Crippen molar-refractivity contribution >= 4 is 28.7 Å². The topological polar surface area (TPSA) is 66.2 Å². The van der Waals surface area contributed by atoms with Crippen LogP contribution in [-0.4, -0.2) is 29.1 Å². The van der Waals surface area contributed by atoms with E-state index in [1.807, 2.05) is 42.5 Å². The predicted octanol–water partition coefficient (Wildman–Crippen LogP) is 2.40. The van der Waals surface area contributed by atoms with E-state index in [4.69, 9.17) is 10.00 Å². The van der Waals surface area contributed by atoms with Gasteiger partial charge < -0.3 is 9.64 Å². The number of carbonyl (C=O) groups is 1. The van der Waals surface area contributed by atoms with Crippen LogP contribution in [0.4, 0.5) is 4.79 Å².